The second-order valence-electron chi connectivity index (χ2n) is 7.74. The summed E-state index contributed by atoms with van der Waals surface area (Å²) in [6.45, 7) is 2.84. The molecule has 2 aromatic heterocycles. The average Bonchev–Trinajstić information content (AvgIpc) is 3.39. The normalized spacial score (nSPS) is 15.7. The number of ether oxygens (including phenoxy) is 1. The van der Waals surface area contributed by atoms with Crippen molar-refractivity contribution >= 4 is 12.0 Å². The predicted octanol–water partition coefficient (Wildman–Crippen LogP) is 1.39. The Kier molecular flexibility index (Phi) is 5.11. The number of amides is 2. The number of benzene rings is 1. The monoisotopic (exact) mass is 421 g/mol. The van der Waals surface area contributed by atoms with Gasteiger partial charge in [-0.15, -0.1) is 5.10 Å². The summed E-state index contributed by atoms with van der Waals surface area (Å²) >= 11 is 0. The first-order valence-corrected chi connectivity index (χ1v) is 10.4. The second kappa shape index (κ2) is 8.21. The van der Waals surface area contributed by atoms with Crippen molar-refractivity contribution in [3.05, 3.63) is 64.7 Å². The SMILES string of the molecule is O=C(OCc1ccccc1)N1CCc2cc(C(=O)N3CCc4[nH]nnc4C3)nn2CC1. The van der Waals surface area contributed by atoms with Gasteiger partial charge in [0.05, 0.1) is 18.8 Å². The zero-order valence-electron chi connectivity index (χ0n) is 17.0. The Bertz CT molecular complexity index is 1070. The molecule has 2 aliphatic rings. The van der Waals surface area contributed by atoms with Gasteiger partial charge in [0.15, 0.2) is 5.69 Å². The molecule has 0 unspecified atom stereocenters. The average molecular weight is 421 g/mol. The van der Waals surface area contributed by atoms with Gasteiger partial charge in [0.2, 0.25) is 0 Å². The molecule has 31 heavy (non-hydrogen) atoms. The van der Waals surface area contributed by atoms with Gasteiger partial charge < -0.3 is 14.5 Å². The van der Waals surface area contributed by atoms with Crippen LogP contribution in [-0.4, -0.2) is 66.6 Å². The molecule has 3 aromatic rings. The molecule has 2 amide bonds. The number of carbonyl (C=O) groups is 2. The van der Waals surface area contributed by atoms with Gasteiger partial charge in [-0.25, -0.2) is 4.79 Å². The molecule has 10 nitrogen and oxygen atoms in total. The number of nitrogens with one attached hydrogen (secondary N) is 1. The van der Waals surface area contributed by atoms with Crippen molar-refractivity contribution < 1.29 is 14.3 Å². The highest BCUT2D eigenvalue weighted by Crippen LogP contribution is 2.18. The summed E-state index contributed by atoms with van der Waals surface area (Å²) in [7, 11) is 0. The first-order valence-electron chi connectivity index (χ1n) is 10.4. The van der Waals surface area contributed by atoms with Crippen LogP contribution < -0.4 is 0 Å². The highest BCUT2D eigenvalue weighted by atomic mass is 16.6. The molecular formula is C21H23N7O3. The van der Waals surface area contributed by atoms with Crippen LogP contribution in [0.3, 0.4) is 0 Å². The Morgan fingerprint density at radius 3 is 2.74 bits per heavy atom. The van der Waals surface area contributed by atoms with E-state index in [-0.39, 0.29) is 18.6 Å². The van der Waals surface area contributed by atoms with Crippen molar-refractivity contribution in [3.8, 4) is 0 Å². The summed E-state index contributed by atoms with van der Waals surface area (Å²) in [4.78, 5) is 28.8. The fourth-order valence-electron chi connectivity index (χ4n) is 3.96. The lowest BCUT2D eigenvalue weighted by molar-refractivity contribution is 0.0723. The van der Waals surface area contributed by atoms with E-state index >= 15 is 0 Å². The van der Waals surface area contributed by atoms with Crippen LogP contribution in [0.5, 0.6) is 0 Å². The van der Waals surface area contributed by atoms with Gasteiger partial charge in [0, 0.05) is 38.2 Å². The Morgan fingerprint density at radius 2 is 1.87 bits per heavy atom. The Labute approximate surface area is 178 Å². The number of aromatic amines is 1. The van der Waals surface area contributed by atoms with Crippen LogP contribution in [0.1, 0.15) is 33.1 Å². The number of aromatic nitrogens is 5. The number of hydrogen-bond donors (Lipinski definition) is 1. The first-order chi connectivity index (χ1) is 15.2. The van der Waals surface area contributed by atoms with Crippen molar-refractivity contribution in [1.29, 1.82) is 0 Å². The highest BCUT2D eigenvalue weighted by Gasteiger charge is 2.27. The van der Waals surface area contributed by atoms with E-state index in [0.717, 1.165) is 22.6 Å². The molecule has 0 bridgehead atoms. The summed E-state index contributed by atoms with van der Waals surface area (Å²) in [5, 5.41) is 15.2. The summed E-state index contributed by atoms with van der Waals surface area (Å²) in [6.07, 6.45) is 0.998. The second-order valence-corrected chi connectivity index (χ2v) is 7.74. The lowest BCUT2D eigenvalue weighted by atomic mass is 10.1. The molecule has 0 radical (unpaired) electrons. The zero-order valence-corrected chi connectivity index (χ0v) is 17.0. The molecule has 0 fully saturated rings. The van der Waals surface area contributed by atoms with E-state index in [1.807, 2.05) is 41.1 Å². The molecule has 10 heteroatoms. The molecule has 0 saturated carbocycles. The molecule has 5 rings (SSSR count). The van der Waals surface area contributed by atoms with Crippen LogP contribution in [0.4, 0.5) is 4.79 Å². The summed E-state index contributed by atoms with van der Waals surface area (Å²) in [5.74, 6) is -0.103. The molecule has 1 N–H and O–H groups in total. The van der Waals surface area contributed by atoms with Gasteiger partial charge in [-0.2, -0.15) is 5.10 Å². The van der Waals surface area contributed by atoms with E-state index in [2.05, 4.69) is 20.5 Å². The molecule has 4 heterocycles. The van der Waals surface area contributed by atoms with Gasteiger partial charge in [0.1, 0.15) is 12.3 Å². The van der Waals surface area contributed by atoms with Crippen molar-refractivity contribution in [2.24, 2.45) is 0 Å². The highest BCUT2D eigenvalue weighted by molar-refractivity contribution is 5.92. The van der Waals surface area contributed by atoms with Crippen LogP contribution in [-0.2, 0) is 37.3 Å². The minimum absolute atomic E-state index is 0.103. The van der Waals surface area contributed by atoms with Crippen LogP contribution in [0.25, 0.3) is 0 Å². The minimum Gasteiger partial charge on any atom is -0.445 e. The lowest BCUT2D eigenvalue weighted by Crippen LogP contribution is -2.36. The number of fused-ring (bicyclic) bond motifs is 2. The number of nitrogens with zero attached hydrogens (tertiary/aromatic N) is 6. The fraction of sp³-hybridized carbons (Fsp3) is 0.381. The van der Waals surface area contributed by atoms with E-state index in [0.29, 0.717) is 51.3 Å². The van der Waals surface area contributed by atoms with Crippen LogP contribution in [0, 0.1) is 0 Å². The third kappa shape index (κ3) is 4.00. The molecule has 0 spiro atoms. The van der Waals surface area contributed by atoms with Crippen molar-refractivity contribution in [1.82, 2.24) is 35.0 Å². The van der Waals surface area contributed by atoms with E-state index < -0.39 is 0 Å². The van der Waals surface area contributed by atoms with Crippen LogP contribution >= 0.6 is 0 Å². The molecule has 160 valence electrons. The maximum atomic E-state index is 12.9. The molecule has 0 saturated heterocycles. The number of rotatable bonds is 3. The van der Waals surface area contributed by atoms with Gasteiger partial charge in [-0.1, -0.05) is 35.5 Å². The Hall–Kier alpha value is -3.69. The van der Waals surface area contributed by atoms with E-state index in [1.54, 1.807) is 9.80 Å². The summed E-state index contributed by atoms with van der Waals surface area (Å²) < 4.78 is 7.27. The van der Waals surface area contributed by atoms with E-state index in [4.69, 9.17) is 4.74 Å². The summed E-state index contributed by atoms with van der Waals surface area (Å²) in [5.41, 5.74) is 4.13. The molecule has 0 atom stereocenters. The number of carbonyl (C=O) groups excluding carboxylic acids is 2. The molecule has 2 aliphatic heterocycles. The fourth-order valence-corrected chi connectivity index (χ4v) is 3.96. The maximum absolute atomic E-state index is 12.9. The molecular weight excluding hydrogens is 398 g/mol. The largest absolute Gasteiger partial charge is 0.445 e. The summed E-state index contributed by atoms with van der Waals surface area (Å²) in [6, 6.07) is 11.4. The van der Waals surface area contributed by atoms with Crippen LogP contribution in [0.2, 0.25) is 0 Å². The van der Waals surface area contributed by atoms with Crippen LogP contribution in [0.15, 0.2) is 36.4 Å². The Balaban J connectivity index is 1.19. The van der Waals surface area contributed by atoms with Gasteiger partial charge in [-0.3, -0.25) is 14.6 Å². The Morgan fingerprint density at radius 1 is 1.03 bits per heavy atom. The topological polar surface area (TPSA) is 109 Å². The van der Waals surface area contributed by atoms with Crippen molar-refractivity contribution in [2.45, 2.75) is 32.5 Å². The standard InChI is InChI=1S/C21H23N7O3/c29-20(27-9-7-17-19(13-27)23-25-22-17)18-12-16-6-8-26(10-11-28(16)24-18)21(30)31-14-15-4-2-1-3-5-15/h1-5,12H,6-11,13-14H2,(H,22,23,25). The van der Waals surface area contributed by atoms with Gasteiger partial charge >= 0.3 is 6.09 Å². The van der Waals surface area contributed by atoms with E-state index in [9.17, 15) is 9.59 Å². The molecule has 0 aliphatic carbocycles. The number of H-pyrrole nitrogens is 1. The quantitative estimate of drug-likeness (QED) is 0.685. The number of hydrogen-bond acceptors (Lipinski definition) is 6. The molecule has 1 aromatic carbocycles. The van der Waals surface area contributed by atoms with Crippen molar-refractivity contribution in [3.63, 3.8) is 0 Å². The predicted molar refractivity (Wildman–Crippen MR) is 109 cm³/mol. The van der Waals surface area contributed by atoms with E-state index in [1.165, 1.54) is 0 Å². The smallest absolute Gasteiger partial charge is 0.410 e. The van der Waals surface area contributed by atoms with Gasteiger partial charge in [0.25, 0.3) is 5.91 Å². The minimum atomic E-state index is -0.331. The zero-order chi connectivity index (χ0) is 21.2. The van der Waals surface area contributed by atoms with Gasteiger partial charge in [-0.05, 0) is 11.6 Å². The third-order valence-corrected chi connectivity index (χ3v) is 5.73. The third-order valence-electron chi connectivity index (χ3n) is 5.73. The maximum Gasteiger partial charge on any atom is 0.410 e. The first kappa shape index (κ1) is 19.3. The van der Waals surface area contributed by atoms with Crippen molar-refractivity contribution in [2.75, 3.05) is 19.6 Å². The lowest BCUT2D eigenvalue weighted by Gasteiger charge is -2.24.